The third-order valence-electron chi connectivity index (χ3n) is 2.63. The van der Waals surface area contributed by atoms with Gasteiger partial charge < -0.3 is 4.90 Å². The Hall–Kier alpha value is -1.31. The highest BCUT2D eigenvalue weighted by Gasteiger charge is 2.11. The summed E-state index contributed by atoms with van der Waals surface area (Å²) in [7, 11) is 0. The molecule has 0 bridgehead atoms. The number of carbonyl (C=O) groups is 1. The van der Waals surface area contributed by atoms with Gasteiger partial charge in [0.2, 0.25) is 5.91 Å². The van der Waals surface area contributed by atoms with E-state index < -0.39 is 0 Å². The number of nitrogens with zero attached hydrogens (tertiary/aromatic N) is 1. The first-order chi connectivity index (χ1) is 7.10. The van der Waals surface area contributed by atoms with Gasteiger partial charge in [-0.3, -0.25) is 4.79 Å². The lowest BCUT2D eigenvalue weighted by atomic mass is 10.1. The van der Waals surface area contributed by atoms with Gasteiger partial charge in [0.15, 0.2) is 0 Å². The van der Waals surface area contributed by atoms with Gasteiger partial charge in [-0.15, -0.1) is 0 Å². The molecule has 1 radical (unpaired) electrons. The second-order valence-electron chi connectivity index (χ2n) is 3.66. The summed E-state index contributed by atoms with van der Waals surface area (Å²) in [4.78, 5) is 13.4. The highest BCUT2D eigenvalue weighted by atomic mass is 16.2. The predicted molar refractivity (Wildman–Crippen MR) is 63.9 cm³/mol. The molecule has 0 fully saturated rings. The molecule has 0 N–H and O–H groups in total. The quantitative estimate of drug-likeness (QED) is 0.741. The molecule has 0 aliphatic carbocycles. The second-order valence-corrected chi connectivity index (χ2v) is 3.66. The third kappa shape index (κ3) is 2.58. The second kappa shape index (κ2) is 4.96. The van der Waals surface area contributed by atoms with Crippen LogP contribution >= 0.6 is 0 Å². The molecular weight excluding hydrogens is 186 g/mol. The minimum Gasteiger partial charge on any atom is -0.313 e. The number of benzene rings is 1. The first-order valence-corrected chi connectivity index (χ1v) is 5.27. The topological polar surface area (TPSA) is 20.3 Å². The molecule has 0 saturated carbocycles. The summed E-state index contributed by atoms with van der Waals surface area (Å²) < 4.78 is 0. The fraction of sp³-hybridized carbons (Fsp3) is 0.385. The van der Waals surface area contributed by atoms with E-state index in [9.17, 15) is 4.79 Å². The summed E-state index contributed by atoms with van der Waals surface area (Å²) in [6.07, 6.45) is 0.306. The van der Waals surface area contributed by atoms with Crippen LogP contribution in [-0.2, 0) is 4.79 Å². The first kappa shape index (κ1) is 11.8. The lowest BCUT2D eigenvalue weighted by Gasteiger charge is -2.21. The predicted octanol–water partition coefficient (Wildman–Crippen LogP) is 2.88. The van der Waals surface area contributed by atoms with E-state index in [-0.39, 0.29) is 5.91 Å². The number of carbonyl (C=O) groups excluding carboxylic acids is 1. The van der Waals surface area contributed by atoms with Crippen molar-refractivity contribution in [3.63, 3.8) is 0 Å². The van der Waals surface area contributed by atoms with E-state index in [4.69, 9.17) is 0 Å². The number of rotatable bonds is 3. The van der Waals surface area contributed by atoms with Crippen LogP contribution in [0.4, 0.5) is 5.69 Å². The summed E-state index contributed by atoms with van der Waals surface area (Å²) in [6, 6.07) is 6.08. The summed E-state index contributed by atoms with van der Waals surface area (Å²) in [5.74, 6) is 0.0701. The third-order valence-corrected chi connectivity index (χ3v) is 2.63. The smallest absolute Gasteiger partial charge is 0.226 e. The molecule has 81 valence electrons. The van der Waals surface area contributed by atoms with E-state index in [1.165, 1.54) is 11.1 Å². The lowest BCUT2D eigenvalue weighted by Crippen LogP contribution is -2.29. The zero-order valence-electron chi connectivity index (χ0n) is 9.71. The van der Waals surface area contributed by atoms with Gasteiger partial charge in [-0.1, -0.05) is 6.07 Å². The molecule has 1 rings (SSSR count). The van der Waals surface area contributed by atoms with Crippen molar-refractivity contribution in [2.45, 2.75) is 27.2 Å². The number of hydrogen-bond acceptors (Lipinski definition) is 1. The van der Waals surface area contributed by atoms with Crippen LogP contribution in [0.25, 0.3) is 0 Å². The monoisotopic (exact) mass is 204 g/mol. The Bertz CT molecular complexity index is 358. The van der Waals surface area contributed by atoms with E-state index >= 15 is 0 Å². The molecule has 1 aromatic carbocycles. The maximum absolute atomic E-state index is 11.6. The SMILES string of the molecule is [CH2]CC(=O)N(CC)c1ccc(C)c(C)c1. The average molecular weight is 204 g/mol. The number of anilines is 1. The van der Waals surface area contributed by atoms with E-state index in [0.29, 0.717) is 13.0 Å². The molecule has 0 saturated heterocycles. The Morgan fingerprint density at radius 1 is 1.33 bits per heavy atom. The van der Waals surface area contributed by atoms with Gasteiger partial charge in [0.25, 0.3) is 0 Å². The fourth-order valence-corrected chi connectivity index (χ4v) is 1.53. The summed E-state index contributed by atoms with van der Waals surface area (Å²) in [5.41, 5.74) is 3.42. The zero-order valence-corrected chi connectivity index (χ0v) is 9.71. The Morgan fingerprint density at radius 3 is 2.47 bits per heavy atom. The van der Waals surface area contributed by atoms with Crippen LogP contribution in [0.5, 0.6) is 0 Å². The van der Waals surface area contributed by atoms with Gasteiger partial charge in [0.1, 0.15) is 0 Å². The molecule has 0 spiro atoms. The van der Waals surface area contributed by atoms with Crippen LogP contribution < -0.4 is 4.90 Å². The van der Waals surface area contributed by atoms with Crippen molar-refractivity contribution in [2.75, 3.05) is 11.4 Å². The normalized spacial score (nSPS) is 10.1. The highest BCUT2D eigenvalue weighted by Crippen LogP contribution is 2.19. The van der Waals surface area contributed by atoms with Gasteiger partial charge in [0.05, 0.1) is 0 Å². The molecule has 2 heteroatoms. The van der Waals surface area contributed by atoms with Gasteiger partial charge >= 0.3 is 0 Å². The lowest BCUT2D eigenvalue weighted by molar-refractivity contribution is -0.117. The Balaban J connectivity index is 3.02. The summed E-state index contributed by atoms with van der Waals surface area (Å²) >= 11 is 0. The molecule has 0 aliphatic rings. The van der Waals surface area contributed by atoms with Gasteiger partial charge in [-0.25, -0.2) is 0 Å². The van der Waals surface area contributed by atoms with Crippen molar-refractivity contribution in [1.82, 2.24) is 0 Å². The van der Waals surface area contributed by atoms with Gasteiger partial charge in [0, 0.05) is 18.7 Å². The van der Waals surface area contributed by atoms with Crippen molar-refractivity contribution < 1.29 is 4.79 Å². The molecular formula is C13H18NO. The van der Waals surface area contributed by atoms with Gasteiger partial charge in [-0.05, 0) is 51.0 Å². The van der Waals surface area contributed by atoms with Crippen LogP contribution in [-0.4, -0.2) is 12.5 Å². The number of amides is 1. The molecule has 15 heavy (non-hydrogen) atoms. The molecule has 1 aromatic rings. The van der Waals surface area contributed by atoms with Crippen LogP contribution in [0.1, 0.15) is 24.5 Å². The van der Waals surface area contributed by atoms with Crippen molar-refractivity contribution >= 4 is 11.6 Å². The largest absolute Gasteiger partial charge is 0.313 e. The average Bonchev–Trinajstić information content (AvgIpc) is 2.24. The van der Waals surface area contributed by atoms with E-state index in [0.717, 1.165) is 5.69 Å². The first-order valence-electron chi connectivity index (χ1n) is 5.27. The molecule has 2 nitrogen and oxygen atoms in total. The van der Waals surface area contributed by atoms with E-state index in [2.05, 4.69) is 20.8 Å². The fourth-order valence-electron chi connectivity index (χ4n) is 1.53. The molecule has 0 heterocycles. The van der Waals surface area contributed by atoms with Crippen molar-refractivity contribution in [3.05, 3.63) is 36.2 Å². The summed E-state index contributed by atoms with van der Waals surface area (Å²) in [6.45, 7) is 10.4. The van der Waals surface area contributed by atoms with Crippen molar-refractivity contribution in [3.8, 4) is 0 Å². The number of hydrogen-bond donors (Lipinski definition) is 0. The molecule has 0 atom stereocenters. The molecule has 0 aliphatic heterocycles. The Labute approximate surface area is 91.9 Å². The summed E-state index contributed by atoms with van der Waals surface area (Å²) in [5, 5.41) is 0. The highest BCUT2D eigenvalue weighted by molar-refractivity contribution is 5.93. The minimum atomic E-state index is 0.0701. The van der Waals surface area contributed by atoms with Crippen LogP contribution in [0.15, 0.2) is 18.2 Å². The number of aryl methyl sites for hydroxylation is 2. The molecule has 1 amide bonds. The van der Waals surface area contributed by atoms with Crippen molar-refractivity contribution in [2.24, 2.45) is 0 Å². The maximum atomic E-state index is 11.6. The van der Waals surface area contributed by atoms with E-state index in [1.807, 2.05) is 25.1 Å². The van der Waals surface area contributed by atoms with Crippen LogP contribution in [0.3, 0.4) is 0 Å². The van der Waals surface area contributed by atoms with E-state index in [1.54, 1.807) is 4.90 Å². The Kier molecular flexibility index (Phi) is 3.89. The van der Waals surface area contributed by atoms with Crippen molar-refractivity contribution in [1.29, 1.82) is 0 Å². The van der Waals surface area contributed by atoms with Crippen LogP contribution in [0.2, 0.25) is 0 Å². The Morgan fingerprint density at radius 2 is 2.00 bits per heavy atom. The molecule has 0 aromatic heterocycles. The van der Waals surface area contributed by atoms with Crippen LogP contribution in [0, 0.1) is 20.8 Å². The van der Waals surface area contributed by atoms with Gasteiger partial charge in [-0.2, -0.15) is 0 Å². The zero-order chi connectivity index (χ0) is 11.4. The minimum absolute atomic E-state index is 0.0701. The maximum Gasteiger partial charge on any atom is 0.226 e. The molecule has 0 unspecified atom stereocenters. The standard InChI is InChI=1S/C13H18NO/c1-5-13(15)14(6-2)12-8-7-10(3)11(4)9-12/h7-9H,1,5-6H2,2-4H3.